The third-order valence-corrected chi connectivity index (χ3v) is 2.95. The predicted octanol–water partition coefficient (Wildman–Crippen LogP) is 3.17. The second-order valence-corrected chi connectivity index (χ2v) is 4.03. The Morgan fingerprint density at radius 3 is 1.37 bits per heavy atom. The first-order chi connectivity index (χ1) is 9.28. The molecule has 0 spiro atoms. The van der Waals surface area contributed by atoms with Crippen LogP contribution in [0, 0.1) is 0 Å². The molecule has 2 aromatic carbocycles. The van der Waals surface area contributed by atoms with E-state index in [-0.39, 0.29) is 0 Å². The van der Waals surface area contributed by atoms with Gasteiger partial charge in [0.15, 0.2) is 0 Å². The molecule has 98 valence electrons. The van der Waals surface area contributed by atoms with E-state index in [0.717, 1.165) is 28.3 Å². The van der Waals surface area contributed by atoms with Gasteiger partial charge in [0.1, 0.15) is 11.5 Å². The Bertz CT molecular complexity index is 507. The minimum atomic E-state index is 0.842. The number of hydrogen-bond donors (Lipinski definition) is 0. The first-order valence-corrected chi connectivity index (χ1v) is 6.04. The summed E-state index contributed by atoms with van der Waals surface area (Å²) in [7, 11) is 5.12. The molecule has 0 atom stereocenters. The van der Waals surface area contributed by atoms with Crippen molar-refractivity contribution in [3.63, 3.8) is 0 Å². The molecule has 3 heteroatoms. The zero-order valence-electron chi connectivity index (χ0n) is 11.4. The molecular formula is C16H17NO2. The quantitative estimate of drug-likeness (QED) is 0.786. The average Bonchev–Trinajstić information content (AvgIpc) is 2.49. The maximum absolute atomic E-state index is 5.16. The zero-order chi connectivity index (χ0) is 13.7. The van der Waals surface area contributed by atoms with E-state index >= 15 is 0 Å². The summed E-state index contributed by atoms with van der Waals surface area (Å²) >= 11 is 0. The van der Waals surface area contributed by atoms with Gasteiger partial charge in [-0.3, -0.25) is 4.99 Å². The lowest BCUT2D eigenvalue weighted by Crippen LogP contribution is -2.03. The van der Waals surface area contributed by atoms with Crippen LogP contribution in [0.15, 0.2) is 53.5 Å². The van der Waals surface area contributed by atoms with Crippen LogP contribution in [-0.4, -0.2) is 27.0 Å². The summed E-state index contributed by atoms with van der Waals surface area (Å²) in [6.07, 6.45) is 0. The number of benzene rings is 2. The van der Waals surface area contributed by atoms with Crippen LogP contribution in [0.25, 0.3) is 0 Å². The van der Waals surface area contributed by atoms with Crippen molar-refractivity contribution in [2.24, 2.45) is 4.99 Å². The zero-order valence-corrected chi connectivity index (χ0v) is 11.4. The van der Waals surface area contributed by atoms with Crippen molar-refractivity contribution >= 4 is 5.71 Å². The summed E-state index contributed by atoms with van der Waals surface area (Å²) < 4.78 is 10.3. The van der Waals surface area contributed by atoms with Gasteiger partial charge in [-0.1, -0.05) is 0 Å². The molecule has 3 nitrogen and oxygen atoms in total. The molecule has 0 saturated heterocycles. The highest BCUT2D eigenvalue weighted by atomic mass is 16.5. The topological polar surface area (TPSA) is 30.8 Å². The van der Waals surface area contributed by atoms with E-state index < -0.39 is 0 Å². The molecule has 0 bridgehead atoms. The Kier molecular flexibility index (Phi) is 4.18. The number of nitrogens with zero attached hydrogens (tertiary/aromatic N) is 1. The molecule has 19 heavy (non-hydrogen) atoms. The Morgan fingerprint density at radius 2 is 1.11 bits per heavy atom. The van der Waals surface area contributed by atoms with Crippen LogP contribution in [0.4, 0.5) is 0 Å². The molecule has 2 aromatic rings. The fraction of sp³-hybridized carbons (Fsp3) is 0.188. The van der Waals surface area contributed by atoms with Crippen molar-refractivity contribution in [1.29, 1.82) is 0 Å². The largest absolute Gasteiger partial charge is 0.497 e. The molecule has 0 aromatic heterocycles. The van der Waals surface area contributed by atoms with Crippen LogP contribution in [-0.2, 0) is 0 Å². The Balaban J connectivity index is 2.32. The molecular weight excluding hydrogens is 238 g/mol. The van der Waals surface area contributed by atoms with E-state index in [1.165, 1.54) is 0 Å². The number of rotatable bonds is 4. The Morgan fingerprint density at radius 1 is 0.737 bits per heavy atom. The summed E-state index contributed by atoms with van der Waals surface area (Å²) in [4.78, 5) is 4.37. The Hall–Kier alpha value is -2.29. The van der Waals surface area contributed by atoms with Gasteiger partial charge in [-0.15, -0.1) is 0 Å². The third-order valence-electron chi connectivity index (χ3n) is 2.95. The van der Waals surface area contributed by atoms with E-state index in [1.54, 1.807) is 21.3 Å². The van der Waals surface area contributed by atoms with Crippen LogP contribution in [0.2, 0.25) is 0 Å². The molecule has 0 saturated carbocycles. The molecule has 0 aliphatic rings. The van der Waals surface area contributed by atoms with Crippen molar-refractivity contribution in [3.05, 3.63) is 59.7 Å². The molecule has 0 heterocycles. The highest BCUT2D eigenvalue weighted by Gasteiger charge is 2.06. The van der Waals surface area contributed by atoms with E-state index in [2.05, 4.69) is 4.99 Å². The minimum absolute atomic E-state index is 0.842. The van der Waals surface area contributed by atoms with E-state index in [0.29, 0.717) is 0 Å². The molecule has 2 rings (SSSR count). The molecule has 0 unspecified atom stereocenters. The van der Waals surface area contributed by atoms with Crippen molar-refractivity contribution in [2.45, 2.75) is 0 Å². The first-order valence-electron chi connectivity index (χ1n) is 6.04. The summed E-state index contributed by atoms with van der Waals surface area (Å²) in [5.74, 6) is 1.68. The molecule has 0 aliphatic heterocycles. The molecule has 0 aliphatic carbocycles. The van der Waals surface area contributed by atoms with Gasteiger partial charge in [-0.05, 0) is 48.5 Å². The highest BCUT2D eigenvalue weighted by molar-refractivity contribution is 6.12. The summed E-state index contributed by atoms with van der Waals surface area (Å²) in [5.41, 5.74) is 3.08. The lowest BCUT2D eigenvalue weighted by molar-refractivity contribution is 0.414. The van der Waals surface area contributed by atoms with Gasteiger partial charge in [-0.2, -0.15) is 0 Å². The molecule has 0 fully saturated rings. The standard InChI is InChI=1S/C16H17NO2/c1-17-16(12-4-8-14(18-2)9-5-12)13-6-10-15(19-3)11-7-13/h4-11H,1-3H3. The van der Waals surface area contributed by atoms with Gasteiger partial charge in [0.05, 0.1) is 19.9 Å². The number of aliphatic imine (C=N–C) groups is 1. The number of ether oxygens (including phenoxy) is 2. The lowest BCUT2D eigenvalue weighted by atomic mass is 10.0. The van der Waals surface area contributed by atoms with Crippen LogP contribution in [0.3, 0.4) is 0 Å². The lowest BCUT2D eigenvalue weighted by Gasteiger charge is -2.08. The van der Waals surface area contributed by atoms with Crippen molar-refractivity contribution in [2.75, 3.05) is 21.3 Å². The van der Waals surface area contributed by atoms with Crippen molar-refractivity contribution in [3.8, 4) is 11.5 Å². The van der Waals surface area contributed by atoms with Gasteiger partial charge in [0.2, 0.25) is 0 Å². The van der Waals surface area contributed by atoms with E-state index in [9.17, 15) is 0 Å². The predicted molar refractivity (Wildman–Crippen MR) is 77.6 cm³/mol. The van der Waals surface area contributed by atoms with Crippen LogP contribution in [0.5, 0.6) is 11.5 Å². The maximum atomic E-state index is 5.16. The SMILES string of the molecule is CN=C(c1ccc(OC)cc1)c1ccc(OC)cc1. The second-order valence-electron chi connectivity index (χ2n) is 4.03. The number of methoxy groups -OCH3 is 2. The van der Waals surface area contributed by atoms with Gasteiger partial charge >= 0.3 is 0 Å². The van der Waals surface area contributed by atoms with E-state index in [4.69, 9.17) is 9.47 Å². The van der Waals surface area contributed by atoms with Crippen molar-refractivity contribution in [1.82, 2.24) is 0 Å². The van der Waals surface area contributed by atoms with Crippen LogP contribution >= 0.6 is 0 Å². The summed E-state index contributed by atoms with van der Waals surface area (Å²) in [6, 6.07) is 15.8. The molecule has 0 radical (unpaired) electrons. The average molecular weight is 255 g/mol. The van der Waals surface area contributed by atoms with Gasteiger partial charge in [0, 0.05) is 18.2 Å². The fourth-order valence-corrected chi connectivity index (χ4v) is 1.92. The van der Waals surface area contributed by atoms with Crippen molar-refractivity contribution < 1.29 is 9.47 Å². The molecule has 0 amide bonds. The smallest absolute Gasteiger partial charge is 0.118 e. The molecule has 0 N–H and O–H groups in total. The maximum Gasteiger partial charge on any atom is 0.118 e. The normalized spacial score (nSPS) is 9.84. The highest BCUT2D eigenvalue weighted by Crippen LogP contribution is 2.18. The van der Waals surface area contributed by atoms with Crippen LogP contribution in [0.1, 0.15) is 11.1 Å². The second kappa shape index (κ2) is 6.05. The minimum Gasteiger partial charge on any atom is -0.497 e. The van der Waals surface area contributed by atoms with Crippen LogP contribution < -0.4 is 9.47 Å². The van der Waals surface area contributed by atoms with Gasteiger partial charge < -0.3 is 9.47 Å². The summed E-state index contributed by atoms with van der Waals surface area (Å²) in [5, 5.41) is 0. The monoisotopic (exact) mass is 255 g/mol. The van der Waals surface area contributed by atoms with Gasteiger partial charge in [-0.25, -0.2) is 0 Å². The first kappa shape index (κ1) is 13.1. The third kappa shape index (κ3) is 2.94. The fourth-order valence-electron chi connectivity index (χ4n) is 1.92. The van der Waals surface area contributed by atoms with Gasteiger partial charge in [0.25, 0.3) is 0 Å². The number of hydrogen-bond acceptors (Lipinski definition) is 3. The Labute approximate surface area is 113 Å². The van der Waals surface area contributed by atoms with E-state index in [1.807, 2.05) is 48.5 Å². The summed E-state index contributed by atoms with van der Waals surface area (Å²) in [6.45, 7) is 0.